The molecule has 1 rings (SSSR count). The fraction of sp³-hybridized carbons (Fsp3) is 0.533. The Morgan fingerprint density at radius 3 is 2.52 bits per heavy atom. The number of nitrogens with one attached hydrogen (secondary N) is 1. The van der Waals surface area contributed by atoms with Crippen molar-refractivity contribution in [3.05, 3.63) is 22.7 Å². The van der Waals surface area contributed by atoms with Gasteiger partial charge in [0.2, 0.25) is 0 Å². The summed E-state index contributed by atoms with van der Waals surface area (Å²) < 4.78 is 10.8. The first-order valence-electron chi connectivity index (χ1n) is 7.22. The van der Waals surface area contributed by atoms with Gasteiger partial charge in [-0.2, -0.15) is 0 Å². The molecule has 4 N–H and O–H groups in total. The van der Waals surface area contributed by atoms with Gasteiger partial charge >= 0.3 is 0 Å². The van der Waals surface area contributed by atoms with Crippen molar-refractivity contribution >= 4 is 29.9 Å². The third kappa shape index (κ3) is 7.26. The summed E-state index contributed by atoms with van der Waals surface area (Å²) in [6.45, 7) is 4.61. The molecule has 0 bridgehead atoms. The number of hydrogen-bond acceptors (Lipinski definition) is 5. The average Bonchev–Trinajstić information content (AvgIpc) is 2.49. The molecule has 1 amide bonds. The molecule has 0 aromatic heterocycles. The van der Waals surface area contributed by atoms with Crippen LogP contribution in [-0.2, 0) is 11.3 Å². The summed E-state index contributed by atoms with van der Waals surface area (Å²) in [5.74, 6) is 0.309. The van der Waals surface area contributed by atoms with E-state index in [0.29, 0.717) is 29.7 Å². The number of hydrogen-bond donors (Lipinski definition) is 3. The fourth-order valence-corrected chi connectivity index (χ4v) is 2.06. The van der Waals surface area contributed by atoms with Gasteiger partial charge in [-0.05, 0) is 25.0 Å². The molecule has 0 saturated carbocycles. The molecule has 0 aliphatic heterocycles. The predicted octanol–water partition coefficient (Wildman–Crippen LogP) is 1.89. The highest BCUT2D eigenvalue weighted by Crippen LogP contribution is 2.33. The maximum atomic E-state index is 10.8. The maximum Gasteiger partial charge on any atom is 0.255 e. The number of rotatable bonds is 10. The molecular weight excluding hydrogens is 343 g/mol. The van der Waals surface area contributed by atoms with Gasteiger partial charge in [-0.15, -0.1) is 12.4 Å². The Kier molecular flexibility index (Phi) is 10.7. The van der Waals surface area contributed by atoms with Crippen molar-refractivity contribution in [3.63, 3.8) is 0 Å². The number of amides is 1. The Balaban J connectivity index is 0.00000484. The maximum absolute atomic E-state index is 10.8. The van der Waals surface area contributed by atoms with E-state index in [1.807, 2.05) is 13.8 Å². The highest BCUT2D eigenvalue weighted by atomic mass is 35.5. The van der Waals surface area contributed by atoms with E-state index < -0.39 is 5.91 Å². The van der Waals surface area contributed by atoms with Gasteiger partial charge in [0.05, 0.1) is 13.2 Å². The molecule has 1 atom stereocenters. The summed E-state index contributed by atoms with van der Waals surface area (Å²) in [6, 6.07) is 3.38. The first-order chi connectivity index (χ1) is 10.5. The van der Waals surface area contributed by atoms with Crippen LogP contribution in [-0.4, -0.2) is 36.9 Å². The van der Waals surface area contributed by atoms with Gasteiger partial charge in [0, 0.05) is 23.7 Å². The van der Waals surface area contributed by atoms with Gasteiger partial charge in [-0.1, -0.05) is 18.5 Å². The molecule has 23 heavy (non-hydrogen) atoms. The molecule has 6 nitrogen and oxygen atoms in total. The molecule has 1 aromatic rings. The van der Waals surface area contributed by atoms with Gasteiger partial charge in [-0.3, -0.25) is 4.79 Å². The van der Waals surface area contributed by atoms with Gasteiger partial charge in [0.1, 0.15) is 0 Å². The van der Waals surface area contributed by atoms with Crippen LogP contribution in [0.5, 0.6) is 11.5 Å². The number of nitrogens with two attached hydrogens (primary N) is 1. The van der Waals surface area contributed by atoms with Crippen LogP contribution in [0.15, 0.2) is 12.1 Å². The molecule has 0 spiro atoms. The van der Waals surface area contributed by atoms with Gasteiger partial charge in [-0.25, -0.2) is 0 Å². The molecule has 0 radical (unpaired) electrons. The first kappa shape index (κ1) is 21.8. The Morgan fingerprint density at radius 2 is 2.00 bits per heavy atom. The number of benzene rings is 1. The number of carbonyl (C=O) groups excluding carboxylic acids is 1. The lowest BCUT2D eigenvalue weighted by molar-refractivity contribution is -0.119. The van der Waals surface area contributed by atoms with E-state index in [1.54, 1.807) is 12.1 Å². The quantitative estimate of drug-likeness (QED) is 0.587. The molecule has 0 fully saturated rings. The molecule has 1 aromatic carbocycles. The minimum atomic E-state index is -0.571. The third-order valence-electron chi connectivity index (χ3n) is 3.08. The van der Waals surface area contributed by atoms with Crippen molar-refractivity contribution in [3.8, 4) is 11.5 Å². The summed E-state index contributed by atoms with van der Waals surface area (Å²) in [5.41, 5.74) is 5.90. The van der Waals surface area contributed by atoms with Gasteiger partial charge in [0.25, 0.3) is 5.91 Å². The summed E-state index contributed by atoms with van der Waals surface area (Å²) in [7, 11) is 0. The standard InChI is InChI=1S/C15H23ClN2O4.ClH/c1-3-11(8-19)18-7-10-5-13(21-4-2)14(6-12(10)16)22-9-15(17)20;/h5-6,11,18-19H,3-4,7-9H2,1-2H3,(H2,17,20);1H. The Bertz CT molecular complexity index is 497. The molecule has 1 unspecified atom stereocenters. The molecule has 0 aliphatic rings. The first-order valence-corrected chi connectivity index (χ1v) is 7.60. The Labute approximate surface area is 147 Å². The van der Waals surface area contributed by atoms with E-state index in [1.165, 1.54) is 0 Å². The zero-order valence-corrected chi connectivity index (χ0v) is 14.9. The zero-order valence-electron chi connectivity index (χ0n) is 13.3. The van der Waals surface area contributed by atoms with Crippen molar-refractivity contribution in [2.45, 2.75) is 32.9 Å². The van der Waals surface area contributed by atoms with Crippen LogP contribution in [0.3, 0.4) is 0 Å². The lowest BCUT2D eigenvalue weighted by Gasteiger charge is -2.17. The van der Waals surface area contributed by atoms with Crippen molar-refractivity contribution in [2.24, 2.45) is 5.73 Å². The molecule has 0 heterocycles. The third-order valence-corrected chi connectivity index (χ3v) is 3.43. The number of carbonyl (C=O) groups is 1. The van der Waals surface area contributed by atoms with E-state index >= 15 is 0 Å². The lowest BCUT2D eigenvalue weighted by Crippen LogP contribution is -2.31. The van der Waals surface area contributed by atoms with Crippen LogP contribution in [0.25, 0.3) is 0 Å². The van der Waals surface area contributed by atoms with Crippen molar-refractivity contribution in [1.82, 2.24) is 5.32 Å². The molecule has 8 heteroatoms. The second kappa shape index (κ2) is 11.3. The smallest absolute Gasteiger partial charge is 0.255 e. The zero-order chi connectivity index (χ0) is 16.5. The Morgan fingerprint density at radius 1 is 1.35 bits per heavy atom. The molecule has 0 aliphatic carbocycles. The molecule has 132 valence electrons. The molecular formula is C15H24Cl2N2O4. The number of aliphatic hydroxyl groups is 1. The predicted molar refractivity (Wildman–Crippen MR) is 92.6 cm³/mol. The summed E-state index contributed by atoms with van der Waals surface area (Å²) in [5, 5.41) is 12.9. The van der Waals surface area contributed by atoms with Crippen LogP contribution in [0.2, 0.25) is 5.02 Å². The second-order valence-electron chi connectivity index (χ2n) is 4.75. The number of halogens is 2. The summed E-state index contributed by atoms with van der Waals surface area (Å²) in [4.78, 5) is 10.8. The van der Waals surface area contributed by atoms with Crippen LogP contribution in [0.1, 0.15) is 25.8 Å². The monoisotopic (exact) mass is 366 g/mol. The minimum Gasteiger partial charge on any atom is -0.490 e. The van der Waals surface area contributed by atoms with E-state index in [9.17, 15) is 9.90 Å². The average molecular weight is 367 g/mol. The van der Waals surface area contributed by atoms with Crippen molar-refractivity contribution in [1.29, 1.82) is 0 Å². The summed E-state index contributed by atoms with van der Waals surface area (Å²) in [6.07, 6.45) is 0.812. The Hall–Kier alpha value is -1.21. The van der Waals surface area contributed by atoms with Gasteiger partial charge < -0.3 is 25.6 Å². The topological polar surface area (TPSA) is 93.8 Å². The van der Waals surface area contributed by atoms with Crippen molar-refractivity contribution < 1.29 is 19.4 Å². The minimum absolute atomic E-state index is 0. The van der Waals surface area contributed by atoms with E-state index in [2.05, 4.69) is 5.32 Å². The normalized spacial score (nSPS) is 11.5. The highest BCUT2D eigenvalue weighted by molar-refractivity contribution is 6.31. The fourth-order valence-electron chi connectivity index (χ4n) is 1.83. The summed E-state index contributed by atoms with van der Waals surface area (Å²) >= 11 is 6.23. The number of primary amides is 1. The molecule has 0 saturated heterocycles. The van der Waals surface area contributed by atoms with E-state index in [4.69, 9.17) is 26.8 Å². The SMILES string of the molecule is CCOc1cc(CNC(CC)CO)c(Cl)cc1OCC(N)=O.Cl. The number of aliphatic hydroxyl groups excluding tert-OH is 1. The van der Waals surface area contributed by atoms with Gasteiger partial charge in [0.15, 0.2) is 18.1 Å². The van der Waals surface area contributed by atoms with E-state index in [0.717, 1.165) is 12.0 Å². The lowest BCUT2D eigenvalue weighted by atomic mass is 10.1. The second-order valence-corrected chi connectivity index (χ2v) is 5.15. The largest absolute Gasteiger partial charge is 0.490 e. The number of ether oxygens (including phenoxy) is 2. The van der Waals surface area contributed by atoms with E-state index in [-0.39, 0.29) is 31.7 Å². The van der Waals surface area contributed by atoms with Crippen LogP contribution < -0.4 is 20.5 Å². The van der Waals surface area contributed by atoms with Crippen LogP contribution >= 0.6 is 24.0 Å². The highest BCUT2D eigenvalue weighted by Gasteiger charge is 2.13. The van der Waals surface area contributed by atoms with Crippen LogP contribution in [0, 0.1) is 0 Å². The van der Waals surface area contributed by atoms with Crippen molar-refractivity contribution in [2.75, 3.05) is 19.8 Å². The van der Waals surface area contributed by atoms with Crippen LogP contribution in [0.4, 0.5) is 0 Å².